The molecule has 1 amide bonds. The fourth-order valence-electron chi connectivity index (χ4n) is 1.76. The molecule has 0 atom stereocenters. The smallest absolute Gasteiger partial charge is 0.273 e. The van der Waals surface area contributed by atoms with Crippen molar-refractivity contribution < 1.29 is 14.5 Å². The molecule has 0 aliphatic heterocycles. The number of carbonyl (C=O) groups excluding carboxylic acids is 1. The Kier molecular flexibility index (Phi) is 5.19. The van der Waals surface area contributed by atoms with Crippen LogP contribution in [0.4, 0.5) is 11.4 Å². The summed E-state index contributed by atoms with van der Waals surface area (Å²) in [5.41, 5.74) is 0.518. The molecule has 2 rings (SSSR count). The number of non-ortho nitro benzene ring substituents is 1. The van der Waals surface area contributed by atoms with Gasteiger partial charge in [0.1, 0.15) is 5.75 Å². The van der Waals surface area contributed by atoms with E-state index < -0.39 is 10.8 Å². The number of nitro benzene ring substituents is 1. The van der Waals surface area contributed by atoms with Crippen molar-refractivity contribution in [3.05, 3.63) is 60.7 Å². The quantitative estimate of drug-likeness (QED) is 0.448. The van der Waals surface area contributed by atoms with Crippen molar-refractivity contribution in [1.29, 1.82) is 0 Å². The predicted octanol–water partition coefficient (Wildman–Crippen LogP) is 4.11. The van der Waals surface area contributed by atoms with E-state index in [4.69, 9.17) is 16.3 Å². The molecule has 114 valence electrons. The second-order valence-electron chi connectivity index (χ2n) is 4.22. The first-order valence-corrected chi connectivity index (χ1v) is 7.47. The second kappa shape index (κ2) is 6.93. The summed E-state index contributed by atoms with van der Waals surface area (Å²) in [6, 6.07) is 9.00. The van der Waals surface area contributed by atoms with Crippen molar-refractivity contribution >= 4 is 51.5 Å². The number of rotatable bonds is 4. The number of carbonyl (C=O) groups is 1. The van der Waals surface area contributed by atoms with Crippen LogP contribution in [0.5, 0.6) is 5.75 Å². The molecule has 0 bridgehead atoms. The van der Waals surface area contributed by atoms with Crippen molar-refractivity contribution in [1.82, 2.24) is 0 Å². The van der Waals surface area contributed by atoms with Gasteiger partial charge in [-0.3, -0.25) is 14.9 Å². The van der Waals surface area contributed by atoms with E-state index in [1.165, 1.54) is 25.3 Å². The van der Waals surface area contributed by atoms with E-state index in [-0.39, 0.29) is 11.4 Å². The molecular weight excluding hydrogens is 423 g/mol. The molecule has 0 fully saturated rings. The molecule has 8 heteroatoms. The molecule has 0 unspecified atom stereocenters. The summed E-state index contributed by atoms with van der Waals surface area (Å²) in [7, 11) is 1.37. The van der Waals surface area contributed by atoms with E-state index in [1.807, 2.05) is 0 Å². The molecule has 0 radical (unpaired) electrons. The molecule has 0 aromatic heterocycles. The largest absolute Gasteiger partial charge is 0.494 e. The number of amides is 1. The van der Waals surface area contributed by atoms with E-state index >= 15 is 0 Å². The van der Waals surface area contributed by atoms with Crippen LogP contribution >= 0.6 is 34.2 Å². The van der Waals surface area contributed by atoms with E-state index in [0.29, 0.717) is 16.3 Å². The van der Waals surface area contributed by atoms with Gasteiger partial charge in [0.25, 0.3) is 11.6 Å². The molecular formula is C14H10ClIN2O4. The molecule has 0 aliphatic carbocycles. The van der Waals surface area contributed by atoms with Gasteiger partial charge in [-0.05, 0) is 46.9 Å². The fraction of sp³-hybridized carbons (Fsp3) is 0.0714. The maximum absolute atomic E-state index is 12.3. The van der Waals surface area contributed by atoms with Gasteiger partial charge < -0.3 is 10.1 Å². The molecule has 0 spiro atoms. The maximum Gasteiger partial charge on any atom is 0.273 e. The lowest BCUT2D eigenvalue weighted by Gasteiger charge is -2.11. The summed E-state index contributed by atoms with van der Waals surface area (Å²) in [6.45, 7) is 0. The third-order valence-electron chi connectivity index (χ3n) is 2.82. The van der Waals surface area contributed by atoms with Gasteiger partial charge in [-0.2, -0.15) is 0 Å². The minimum Gasteiger partial charge on any atom is -0.494 e. The highest BCUT2D eigenvalue weighted by Crippen LogP contribution is 2.30. The van der Waals surface area contributed by atoms with Crippen LogP contribution in [0.2, 0.25) is 5.02 Å². The molecule has 6 nitrogen and oxygen atoms in total. The fourth-order valence-corrected chi connectivity index (χ4v) is 2.45. The zero-order chi connectivity index (χ0) is 16.3. The Hall–Kier alpha value is -1.87. The minimum absolute atomic E-state index is 0.123. The van der Waals surface area contributed by atoms with Crippen LogP contribution in [0.15, 0.2) is 36.4 Å². The van der Waals surface area contributed by atoms with Gasteiger partial charge >= 0.3 is 0 Å². The van der Waals surface area contributed by atoms with Gasteiger partial charge in [-0.25, -0.2) is 0 Å². The third-order valence-corrected chi connectivity index (χ3v) is 3.82. The van der Waals surface area contributed by atoms with Crippen LogP contribution in [0, 0.1) is 13.7 Å². The Morgan fingerprint density at radius 1 is 1.32 bits per heavy atom. The normalized spacial score (nSPS) is 10.1. The zero-order valence-corrected chi connectivity index (χ0v) is 14.2. The molecule has 0 heterocycles. The molecule has 2 aromatic carbocycles. The second-order valence-corrected chi connectivity index (χ2v) is 5.87. The van der Waals surface area contributed by atoms with Crippen LogP contribution in [0.1, 0.15) is 10.4 Å². The number of halogens is 2. The van der Waals surface area contributed by atoms with Crippen molar-refractivity contribution in [2.24, 2.45) is 0 Å². The summed E-state index contributed by atoms with van der Waals surface area (Å²) in [5, 5.41) is 13.7. The Labute approximate surface area is 144 Å². The first kappa shape index (κ1) is 16.5. The highest BCUT2D eigenvalue weighted by molar-refractivity contribution is 14.1. The lowest BCUT2D eigenvalue weighted by Crippen LogP contribution is -2.13. The molecule has 2 aromatic rings. The third kappa shape index (κ3) is 3.66. The van der Waals surface area contributed by atoms with E-state index in [2.05, 4.69) is 27.9 Å². The monoisotopic (exact) mass is 432 g/mol. The average molecular weight is 433 g/mol. The summed E-state index contributed by atoms with van der Waals surface area (Å²) in [4.78, 5) is 22.5. The summed E-state index contributed by atoms with van der Waals surface area (Å²) in [5.74, 6) is -0.222. The number of hydrogen-bond donors (Lipinski definition) is 1. The molecule has 0 saturated heterocycles. The number of nitrogens with zero attached hydrogens (tertiary/aromatic N) is 1. The van der Waals surface area contributed by atoms with Gasteiger partial charge in [0.15, 0.2) is 0 Å². The standard InChI is InChI=1S/C14H10ClIN2O4/c1-22-13-7-9(18(20)21)3-5-12(13)17-14(19)10-6-8(16)2-4-11(10)15/h2-7H,1H3,(H,17,19). The van der Waals surface area contributed by atoms with Crippen molar-refractivity contribution in [2.45, 2.75) is 0 Å². The average Bonchev–Trinajstić information content (AvgIpc) is 2.49. The van der Waals surface area contributed by atoms with Crippen LogP contribution < -0.4 is 10.1 Å². The number of benzene rings is 2. The van der Waals surface area contributed by atoms with Crippen LogP contribution in [0.3, 0.4) is 0 Å². The molecule has 0 saturated carbocycles. The van der Waals surface area contributed by atoms with Gasteiger partial charge in [0.2, 0.25) is 0 Å². The van der Waals surface area contributed by atoms with Gasteiger partial charge in [0.05, 0.1) is 34.4 Å². The van der Waals surface area contributed by atoms with E-state index in [1.54, 1.807) is 18.2 Å². The van der Waals surface area contributed by atoms with Gasteiger partial charge in [-0.1, -0.05) is 11.6 Å². The topological polar surface area (TPSA) is 81.5 Å². The number of methoxy groups -OCH3 is 1. The highest BCUT2D eigenvalue weighted by atomic mass is 127. The first-order valence-electron chi connectivity index (χ1n) is 6.01. The maximum atomic E-state index is 12.3. The number of ether oxygens (including phenoxy) is 1. The summed E-state index contributed by atoms with van der Waals surface area (Å²) in [6.07, 6.45) is 0. The van der Waals surface area contributed by atoms with Crippen molar-refractivity contribution in [2.75, 3.05) is 12.4 Å². The van der Waals surface area contributed by atoms with Crippen LogP contribution in [-0.2, 0) is 0 Å². The molecule has 1 N–H and O–H groups in total. The Bertz CT molecular complexity index is 752. The van der Waals surface area contributed by atoms with Crippen LogP contribution in [0.25, 0.3) is 0 Å². The Morgan fingerprint density at radius 2 is 2.05 bits per heavy atom. The minimum atomic E-state index is -0.537. The number of nitro groups is 1. The SMILES string of the molecule is COc1cc([N+](=O)[O-])ccc1NC(=O)c1cc(I)ccc1Cl. The highest BCUT2D eigenvalue weighted by Gasteiger charge is 2.16. The number of anilines is 1. The number of hydrogen-bond acceptors (Lipinski definition) is 4. The Morgan fingerprint density at radius 3 is 2.68 bits per heavy atom. The number of nitrogens with one attached hydrogen (secondary N) is 1. The van der Waals surface area contributed by atoms with Crippen molar-refractivity contribution in [3.8, 4) is 5.75 Å². The van der Waals surface area contributed by atoms with Crippen LogP contribution in [-0.4, -0.2) is 17.9 Å². The lowest BCUT2D eigenvalue weighted by molar-refractivity contribution is -0.384. The Balaban J connectivity index is 2.32. The summed E-state index contributed by atoms with van der Waals surface area (Å²) >= 11 is 8.09. The first-order chi connectivity index (χ1) is 10.4. The summed E-state index contributed by atoms with van der Waals surface area (Å²) < 4.78 is 5.94. The molecule has 0 aliphatic rings. The van der Waals surface area contributed by atoms with Gasteiger partial charge in [-0.15, -0.1) is 0 Å². The molecule has 22 heavy (non-hydrogen) atoms. The van der Waals surface area contributed by atoms with E-state index in [0.717, 1.165) is 3.57 Å². The van der Waals surface area contributed by atoms with Crippen molar-refractivity contribution in [3.63, 3.8) is 0 Å². The lowest BCUT2D eigenvalue weighted by atomic mass is 10.2. The van der Waals surface area contributed by atoms with Gasteiger partial charge in [0, 0.05) is 9.64 Å². The zero-order valence-electron chi connectivity index (χ0n) is 11.3. The van der Waals surface area contributed by atoms with E-state index in [9.17, 15) is 14.9 Å². The predicted molar refractivity (Wildman–Crippen MR) is 91.8 cm³/mol.